The van der Waals surface area contributed by atoms with E-state index in [-0.39, 0.29) is 11.9 Å². The average Bonchev–Trinajstić information content (AvgIpc) is 2.97. The molecule has 0 N–H and O–H groups in total. The maximum Gasteiger partial charge on any atom is 0.836 e. The first-order valence-electron chi connectivity index (χ1n) is 18.5. The third-order valence-electron chi connectivity index (χ3n) is 8.41. The largest absolute Gasteiger partial charge is 0.836 e. The summed E-state index contributed by atoms with van der Waals surface area (Å²) in [6, 6.07) is 0. The van der Waals surface area contributed by atoms with Gasteiger partial charge in [-0.1, -0.05) is 194 Å². The van der Waals surface area contributed by atoms with Crippen LogP contribution in [0.1, 0.15) is 219 Å². The standard InChI is InChI=1S/2C18H36O2.Al.H/c2*1-2-3-4-5-6-7-8-9-10-11-12-13-14-15-16-17-18(19)20;;/h2*2-17H2,1H3,(H,19,20);;/q;;+2;/p-2. The summed E-state index contributed by atoms with van der Waals surface area (Å²) in [6.07, 6.45) is 40.4. The first kappa shape index (κ1) is 40.5. The van der Waals surface area contributed by atoms with Crippen molar-refractivity contribution in [1.82, 2.24) is 0 Å². The van der Waals surface area contributed by atoms with E-state index in [9.17, 15) is 9.59 Å². The van der Waals surface area contributed by atoms with Crippen LogP contribution in [-0.4, -0.2) is 27.8 Å². The van der Waals surface area contributed by atoms with Gasteiger partial charge in [-0.2, -0.15) is 0 Å². The van der Waals surface area contributed by atoms with Gasteiger partial charge in [0.2, 0.25) is 0 Å². The molecule has 0 aliphatic heterocycles. The van der Waals surface area contributed by atoms with Gasteiger partial charge in [-0.15, -0.1) is 0 Å². The summed E-state index contributed by atoms with van der Waals surface area (Å²) in [5.74, 6) is -0.378. The third kappa shape index (κ3) is 35.6. The van der Waals surface area contributed by atoms with Gasteiger partial charge in [0.05, 0.1) is 0 Å². The zero-order valence-corrected chi connectivity index (χ0v) is 29.4. The fourth-order valence-electron chi connectivity index (χ4n) is 5.59. The molecule has 0 saturated heterocycles. The molecule has 242 valence electrons. The highest BCUT2D eigenvalue weighted by molar-refractivity contribution is 6.25. The Balaban J connectivity index is 3.26. The van der Waals surface area contributed by atoms with Gasteiger partial charge in [-0.05, 0) is 12.8 Å². The van der Waals surface area contributed by atoms with Crippen LogP contribution in [0.5, 0.6) is 0 Å². The lowest BCUT2D eigenvalue weighted by molar-refractivity contribution is -0.139. The van der Waals surface area contributed by atoms with Crippen molar-refractivity contribution in [2.24, 2.45) is 0 Å². The monoisotopic (exact) mass is 595 g/mol. The predicted octanol–water partition coefficient (Wildman–Crippen LogP) is 11.9. The van der Waals surface area contributed by atoms with E-state index in [1.54, 1.807) is 0 Å². The Labute approximate surface area is 263 Å². The van der Waals surface area contributed by atoms with Crippen molar-refractivity contribution in [2.45, 2.75) is 219 Å². The number of rotatable bonds is 34. The van der Waals surface area contributed by atoms with Crippen LogP contribution in [0, 0.1) is 0 Å². The van der Waals surface area contributed by atoms with Crippen LogP contribution in [0.25, 0.3) is 0 Å². The molecule has 0 rings (SSSR count). The molecule has 0 bridgehead atoms. The van der Waals surface area contributed by atoms with E-state index in [4.69, 9.17) is 7.58 Å². The lowest BCUT2D eigenvalue weighted by Gasteiger charge is -2.07. The van der Waals surface area contributed by atoms with Gasteiger partial charge in [-0.3, -0.25) is 9.59 Å². The minimum atomic E-state index is -1.51. The molecule has 0 atom stereocenters. The van der Waals surface area contributed by atoms with Crippen molar-refractivity contribution < 1.29 is 17.2 Å². The molecule has 0 heterocycles. The molecule has 0 saturated carbocycles. The first-order valence-corrected chi connectivity index (χ1v) is 19.7. The van der Waals surface area contributed by atoms with Crippen LogP contribution < -0.4 is 0 Å². The second-order valence-electron chi connectivity index (χ2n) is 12.6. The normalized spacial score (nSPS) is 11.1. The van der Waals surface area contributed by atoms with Crippen molar-refractivity contribution in [3.05, 3.63) is 0 Å². The van der Waals surface area contributed by atoms with Crippen molar-refractivity contribution in [3.8, 4) is 0 Å². The van der Waals surface area contributed by atoms with Crippen LogP contribution in [0.4, 0.5) is 0 Å². The number of hydrogen-bond acceptors (Lipinski definition) is 4. The van der Waals surface area contributed by atoms with E-state index in [0.717, 1.165) is 25.7 Å². The summed E-state index contributed by atoms with van der Waals surface area (Å²) in [5, 5.41) is 0. The minimum absolute atomic E-state index is 0.189. The zero-order chi connectivity index (χ0) is 29.9. The van der Waals surface area contributed by atoms with Crippen molar-refractivity contribution in [1.29, 1.82) is 0 Å². The van der Waals surface area contributed by atoms with E-state index >= 15 is 0 Å². The molecule has 0 unspecified atom stereocenters. The molecule has 0 aliphatic rings. The maximum absolute atomic E-state index is 11.9. The van der Waals surface area contributed by atoms with E-state index in [2.05, 4.69) is 13.8 Å². The SMILES string of the molecule is CCCCCCCCCCCCCCCCCC(=O)[O][AlH][O]C(=O)CCCCCCCCCCCCCCCCC. The van der Waals surface area contributed by atoms with E-state index < -0.39 is 15.9 Å². The minimum Gasteiger partial charge on any atom is -0.588 e. The summed E-state index contributed by atoms with van der Waals surface area (Å²) in [4.78, 5) is 23.8. The van der Waals surface area contributed by atoms with Crippen LogP contribution in [0.2, 0.25) is 0 Å². The van der Waals surface area contributed by atoms with Crippen molar-refractivity contribution >= 4 is 27.8 Å². The number of carbonyl (C=O) groups is 2. The number of unbranched alkanes of at least 4 members (excludes halogenated alkanes) is 28. The number of carbonyl (C=O) groups excluding carboxylic acids is 2. The molecule has 5 heteroatoms. The van der Waals surface area contributed by atoms with Gasteiger partial charge in [0.1, 0.15) is 0 Å². The lowest BCUT2D eigenvalue weighted by atomic mass is 10.0. The molecule has 0 spiro atoms. The van der Waals surface area contributed by atoms with Crippen LogP contribution >= 0.6 is 0 Å². The fourth-order valence-corrected chi connectivity index (χ4v) is 6.20. The topological polar surface area (TPSA) is 52.6 Å². The highest BCUT2D eigenvalue weighted by atomic mass is 27.2. The summed E-state index contributed by atoms with van der Waals surface area (Å²) in [5.41, 5.74) is 0. The Bertz CT molecular complexity index is 494. The summed E-state index contributed by atoms with van der Waals surface area (Å²) < 4.78 is 10.4. The molecular weight excluding hydrogens is 523 g/mol. The summed E-state index contributed by atoms with van der Waals surface area (Å²) in [7, 11) is 0. The Hall–Kier alpha value is -0.528. The molecule has 0 aromatic rings. The lowest BCUT2D eigenvalue weighted by Crippen LogP contribution is -2.15. The highest BCUT2D eigenvalue weighted by Gasteiger charge is 2.12. The second kappa shape index (κ2) is 35.7. The second-order valence-corrected chi connectivity index (χ2v) is 13.4. The maximum atomic E-state index is 11.9. The molecule has 0 amide bonds. The molecule has 41 heavy (non-hydrogen) atoms. The molecule has 0 aromatic carbocycles. The van der Waals surface area contributed by atoms with E-state index in [1.165, 1.54) is 167 Å². The van der Waals surface area contributed by atoms with Crippen LogP contribution in [0.3, 0.4) is 0 Å². The van der Waals surface area contributed by atoms with Gasteiger partial charge < -0.3 is 7.58 Å². The van der Waals surface area contributed by atoms with Crippen LogP contribution in [0.15, 0.2) is 0 Å². The van der Waals surface area contributed by atoms with Gasteiger partial charge in [0.15, 0.2) is 0 Å². The molecule has 0 radical (unpaired) electrons. The Morgan fingerprint density at radius 1 is 0.341 bits per heavy atom. The van der Waals surface area contributed by atoms with Gasteiger partial charge in [0.25, 0.3) is 11.9 Å². The molecule has 4 nitrogen and oxygen atoms in total. The Morgan fingerprint density at radius 2 is 0.537 bits per heavy atom. The fraction of sp³-hybridized carbons (Fsp3) is 0.944. The van der Waals surface area contributed by atoms with Crippen molar-refractivity contribution in [3.63, 3.8) is 0 Å². The highest BCUT2D eigenvalue weighted by Crippen LogP contribution is 2.15. The first-order chi connectivity index (χ1) is 20.2. The van der Waals surface area contributed by atoms with E-state index in [0.29, 0.717) is 12.8 Å². The van der Waals surface area contributed by atoms with Gasteiger partial charge in [0, 0.05) is 12.8 Å². The van der Waals surface area contributed by atoms with Gasteiger partial charge >= 0.3 is 15.9 Å². The Kier molecular flexibility index (Phi) is 35.2. The molecule has 0 aromatic heterocycles. The quantitative estimate of drug-likeness (QED) is 0.0549. The van der Waals surface area contributed by atoms with E-state index in [1.807, 2.05) is 0 Å². The molecule has 0 aliphatic carbocycles. The number of hydrogen-bond donors (Lipinski definition) is 0. The van der Waals surface area contributed by atoms with Gasteiger partial charge in [-0.25, -0.2) is 0 Å². The molecular formula is C36H71AlO4. The zero-order valence-electron chi connectivity index (χ0n) is 28.0. The smallest absolute Gasteiger partial charge is 0.588 e. The van der Waals surface area contributed by atoms with Crippen LogP contribution in [-0.2, 0) is 17.2 Å². The predicted molar refractivity (Wildman–Crippen MR) is 178 cm³/mol. The molecule has 0 fully saturated rings. The average molecular weight is 595 g/mol. The summed E-state index contributed by atoms with van der Waals surface area (Å²) >= 11 is -1.51. The van der Waals surface area contributed by atoms with Crippen molar-refractivity contribution in [2.75, 3.05) is 0 Å². The Morgan fingerprint density at radius 3 is 0.756 bits per heavy atom. The summed E-state index contributed by atoms with van der Waals surface area (Å²) in [6.45, 7) is 4.55. The third-order valence-corrected chi connectivity index (χ3v) is 9.29.